The third kappa shape index (κ3) is 4.38. The summed E-state index contributed by atoms with van der Waals surface area (Å²) in [4.78, 5) is 23.8. The molecule has 3 atom stereocenters. The molecule has 7 heteroatoms. The maximum Gasteiger partial charge on any atom is 0.315 e. The van der Waals surface area contributed by atoms with Gasteiger partial charge in [-0.15, -0.1) is 0 Å². The molecule has 7 nitrogen and oxygen atoms in total. The SMILES string of the molecule is CC[C@@H]1Oc2cc([C@@H](C)NC(=O)N[C@H](C)COC)ccc2NC1=O. The summed E-state index contributed by atoms with van der Waals surface area (Å²) in [7, 11) is 1.59. The maximum atomic E-state index is 12.0. The van der Waals surface area contributed by atoms with E-state index >= 15 is 0 Å². The molecule has 0 radical (unpaired) electrons. The lowest BCUT2D eigenvalue weighted by atomic mass is 10.1. The van der Waals surface area contributed by atoms with E-state index in [0.29, 0.717) is 24.5 Å². The second-order valence-corrected chi connectivity index (χ2v) is 5.96. The normalized spacial score (nSPS) is 18.7. The predicted molar refractivity (Wildman–Crippen MR) is 91.2 cm³/mol. The molecule has 3 N–H and O–H groups in total. The Bertz CT molecular complexity index is 605. The van der Waals surface area contributed by atoms with E-state index < -0.39 is 6.10 Å². The average Bonchev–Trinajstić information content (AvgIpc) is 2.53. The zero-order valence-corrected chi connectivity index (χ0v) is 14.5. The van der Waals surface area contributed by atoms with Gasteiger partial charge in [0, 0.05) is 7.11 Å². The number of fused-ring (bicyclic) bond motifs is 1. The van der Waals surface area contributed by atoms with Crippen LogP contribution < -0.4 is 20.7 Å². The molecule has 0 bridgehead atoms. The molecule has 1 aromatic rings. The van der Waals surface area contributed by atoms with Crippen LogP contribution in [0.1, 0.15) is 38.8 Å². The number of ether oxygens (including phenoxy) is 2. The van der Waals surface area contributed by atoms with Crippen LogP contribution in [0.15, 0.2) is 18.2 Å². The van der Waals surface area contributed by atoms with Crippen LogP contribution in [-0.4, -0.2) is 37.8 Å². The number of amides is 3. The molecule has 0 spiro atoms. The minimum atomic E-state index is -0.478. The van der Waals surface area contributed by atoms with Crippen molar-refractivity contribution in [1.82, 2.24) is 10.6 Å². The monoisotopic (exact) mass is 335 g/mol. The summed E-state index contributed by atoms with van der Waals surface area (Å²) in [6.45, 7) is 6.11. The number of hydrogen-bond acceptors (Lipinski definition) is 4. The molecular formula is C17H25N3O4. The van der Waals surface area contributed by atoms with E-state index in [0.717, 1.165) is 5.56 Å². The van der Waals surface area contributed by atoms with Crippen molar-refractivity contribution < 1.29 is 19.1 Å². The van der Waals surface area contributed by atoms with Gasteiger partial charge in [0.15, 0.2) is 6.10 Å². The lowest BCUT2D eigenvalue weighted by molar-refractivity contribution is -0.123. The molecule has 24 heavy (non-hydrogen) atoms. The van der Waals surface area contributed by atoms with Crippen LogP contribution in [-0.2, 0) is 9.53 Å². The lowest BCUT2D eigenvalue weighted by Gasteiger charge is -2.26. The number of rotatable bonds is 6. The third-order valence-electron chi connectivity index (χ3n) is 3.84. The summed E-state index contributed by atoms with van der Waals surface area (Å²) >= 11 is 0. The van der Waals surface area contributed by atoms with Crippen molar-refractivity contribution in [3.05, 3.63) is 23.8 Å². The molecule has 0 aliphatic carbocycles. The second-order valence-electron chi connectivity index (χ2n) is 5.96. The largest absolute Gasteiger partial charge is 0.478 e. The summed E-state index contributed by atoms with van der Waals surface area (Å²) in [5.41, 5.74) is 1.55. The number of anilines is 1. The number of carbonyl (C=O) groups is 2. The third-order valence-corrected chi connectivity index (χ3v) is 3.84. The number of methoxy groups -OCH3 is 1. The first kappa shape index (κ1) is 18.1. The molecular weight excluding hydrogens is 310 g/mol. The number of hydrogen-bond donors (Lipinski definition) is 3. The van der Waals surface area contributed by atoms with Gasteiger partial charge < -0.3 is 25.4 Å². The molecule has 1 aliphatic heterocycles. The highest BCUT2D eigenvalue weighted by atomic mass is 16.5. The summed E-state index contributed by atoms with van der Waals surface area (Å²) < 4.78 is 10.7. The molecule has 0 saturated carbocycles. The summed E-state index contributed by atoms with van der Waals surface area (Å²) in [6.07, 6.45) is 0.123. The molecule has 0 unspecified atom stereocenters. The molecule has 132 valence electrons. The predicted octanol–water partition coefficient (Wildman–Crippen LogP) is 2.19. The van der Waals surface area contributed by atoms with Gasteiger partial charge in [-0.1, -0.05) is 13.0 Å². The van der Waals surface area contributed by atoms with Crippen LogP contribution in [0.3, 0.4) is 0 Å². The Balaban J connectivity index is 2.02. The van der Waals surface area contributed by atoms with Crippen LogP contribution in [0, 0.1) is 0 Å². The van der Waals surface area contributed by atoms with Crippen molar-refractivity contribution in [2.45, 2.75) is 45.4 Å². The lowest BCUT2D eigenvalue weighted by Crippen LogP contribution is -2.43. The first-order chi connectivity index (χ1) is 11.4. The number of benzene rings is 1. The topological polar surface area (TPSA) is 88.7 Å². The molecule has 2 rings (SSSR count). The standard InChI is InChI=1S/C17H25N3O4/c1-5-14-16(21)20-13-7-6-12(8-15(13)24-14)11(3)19-17(22)18-10(2)9-23-4/h6-8,10-11,14H,5,9H2,1-4H3,(H,20,21)(H2,18,19,22)/t10-,11-,14+/m1/s1. The van der Waals surface area contributed by atoms with Crippen molar-refractivity contribution in [1.29, 1.82) is 0 Å². The maximum absolute atomic E-state index is 12.0. The van der Waals surface area contributed by atoms with Gasteiger partial charge in [0.2, 0.25) is 0 Å². The van der Waals surface area contributed by atoms with E-state index in [1.165, 1.54) is 0 Å². The van der Waals surface area contributed by atoms with Gasteiger partial charge in [0.05, 0.1) is 24.4 Å². The highest BCUT2D eigenvalue weighted by molar-refractivity contribution is 5.97. The minimum absolute atomic E-state index is 0.0745. The van der Waals surface area contributed by atoms with Crippen LogP contribution in [0.5, 0.6) is 5.75 Å². The molecule has 0 fully saturated rings. The van der Waals surface area contributed by atoms with E-state index in [-0.39, 0.29) is 24.0 Å². The first-order valence-electron chi connectivity index (χ1n) is 8.12. The van der Waals surface area contributed by atoms with Crippen LogP contribution >= 0.6 is 0 Å². The van der Waals surface area contributed by atoms with Crippen LogP contribution in [0.2, 0.25) is 0 Å². The van der Waals surface area contributed by atoms with E-state index in [1.54, 1.807) is 13.2 Å². The van der Waals surface area contributed by atoms with Gasteiger partial charge in [-0.25, -0.2) is 4.79 Å². The van der Waals surface area contributed by atoms with E-state index in [4.69, 9.17) is 9.47 Å². The zero-order valence-electron chi connectivity index (χ0n) is 14.5. The van der Waals surface area contributed by atoms with Gasteiger partial charge in [0.25, 0.3) is 5.91 Å². The summed E-state index contributed by atoms with van der Waals surface area (Å²) in [5, 5.41) is 8.51. The van der Waals surface area contributed by atoms with Crippen LogP contribution in [0.25, 0.3) is 0 Å². The van der Waals surface area contributed by atoms with Crippen LogP contribution in [0.4, 0.5) is 10.5 Å². The van der Waals surface area contributed by atoms with E-state index in [9.17, 15) is 9.59 Å². The number of carbonyl (C=O) groups excluding carboxylic acids is 2. The quantitative estimate of drug-likeness (QED) is 0.743. The smallest absolute Gasteiger partial charge is 0.315 e. The molecule has 0 saturated heterocycles. The molecule has 1 aromatic carbocycles. The Morgan fingerprint density at radius 1 is 1.38 bits per heavy atom. The van der Waals surface area contributed by atoms with Gasteiger partial charge in [-0.05, 0) is 38.0 Å². The second kappa shape index (κ2) is 8.01. The number of urea groups is 1. The minimum Gasteiger partial charge on any atom is -0.478 e. The van der Waals surface area contributed by atoms with Gasteiger partial charge >= 0.3 is 6.03 Å². The Hall–Kier alpha value is -2.28. The zero-order chi connectivity index (χ0) is 17.7. The molecule has 1 aliphatic rings. The highest BCUT2D eigenvalue weighted by Crippen LogP contribution is 2.32. The summed E-state index contributed by atoms with van der Waals surface area (Å²) in [6, 6.07) is 4.96. The fraction of sp³-hybridized carbons (Fsp3) is 0.529. The van der Waals surface area contributed by atoms with Crippen molar-refractivity contribution >= 4 is 17.6 Å². The Morgan fingerprint density at radius 3 is 2.79 bits per heavy atom. The summed E-state index contributed by atoms with van der Waals surface area (Å²) in [5.74, 6) is 0.496. The van der Waals surface area contributed by atoms with Crippen molar-refractivity contribution in [2.75, 3.05) is 19.0 Å². The Morgan fingerprint density at radius 2 is 2.12 bits per heavy atom. The van der Waals surface area contributed by atoms with E-state index in [2.05, 4.69) is 16.0 Å². The molecule has 1 heterocycles. The molecule has 0 aromatic heterocycles. The van der Waals surface area contributed by atoms with Gasteiger partial charge in [-0.3, -0.25) is 4.79 Å². The molecule has 3 amide bonds. The average molecular weight is 335 g/mol. The van der Waals surface area contributed by atoms with Crippen molar-refractivity contribution in [3.63, 3.8) is 0 Å². The Labute approximate surface area is 142 Å². The van der Waals surface area contributed by atoms with E-state index in [1.807, 2.05) is 32.9 Å². The number of nitrogens with one attached hydrogen (secondary N) is 3. The Kier molecular flexibility index (Phi) is 6.03. The van der Waals surface area contributed by atoms with Gasteiger partial charge in [-0.2, -0.15) is 0 Å². The van der Waals surface area contributed by atoms with Crippen molar-refractivity contribution in [2.24, 2.45) is 0 Å². The fourth-order valence-corrected chi connectivity index (χ4v) is 2.53. The first-order valence-corrected chi connectivity index (χ1v) is 8.12. The highest BCUT2D eigenvalue weighted by Gasteiger charge is 2.26. The fourth-order valence-electron chi connectivity index (χ4n) is 2.53. The van der Waals surface area contributed by atoms with Crippen molar-refractivity contribution in [3.8, 4) is 5.75 Å². The van der Waals surface area contributed by atoms with Gasteiger partial charge in [0.1, 0.15) is 5.75 Å².